The minimum atomic E-state index is -0.232. The summed E-state index contributed by atoms with van der Waals surface area (Å²) in [5.41, 5.74) is 2.16. The molecule has 1 aromatic heterocycles. The minimum Gasteiger partial charge on any atom is -0.484 e. The van der Waals surface area contributed by atoms with Crippen LogP contribution >= 0.6 is 0 Å². The van der Waals surface area contributed by atoms with Gasteiger partial charge in [0, 0.05) is 0 Å². The Bertz CT molecular complexity index is 553. The molecule has 2 N–H and O–H groups in total. The average molecular weight is 261 g/mol. The van der Waals surface area contributed by atoms with E-state index >= 15 is 0 Å². The first kappa shape index (κ1) is 13.0. The fourth-order valence-corrected chi connectivity index (χ4v) is 1.59. The molecule has 7 nitrogen and oxygen atoms in total. The number of benzene rings is 1. The largest absolute Gasteiger partial charge is 0.484 e. The summed E-state index contributed by atoms with van der Waals surface area (Å²) < 4.78 is 5.45. The van der Waals surface area contributed by atoms with Crippen LogP contribution in [0.5, 0.6) is 5.75 Å². The summed E-state index contributed by atoms with van der Waals surface area (Å²) in [6.45, 7) is 4.14. The van der Waals surface area contributed by atoms with Crippen LogP contribution in [0.2, 0.25) is 0 Å². The number of H-pyrrole nitrogens is 1. The summed E-state index contributed by atoms with van der Waals surface area (Å²) in [5.74, 6) is 0.907. The number of amides is 1. The molecule has 0 saturated heterocycles. The van der Waals surface area contributed by atoms with Gasteiger partial charge in [-0.2, -0.15) is 5.21 Å². The highest BCUT2D eigenvalue weighted by molar-refractivity contribution is 5.77. The van der Waals surface area contributed by atoms with Crippen LogP contribution in [-0.4, -0.2) is 33.1 Å². The Morgan fingerprint density at radius 2 is 2.26 bits per heavy atom. The van der Waals surface area contributed by atoms with Crippen molar-refractivity contribution in [3.8, 4) is 5.75 Å². The zero-order chi connectivity index (χ0) is 13.7. The second-order valence-corrected chi connectivity index (χ2v) is 4.16. The molecule has 0 aliphatic rings. The molecule has 0 aliphatic heterocycles. The molecular formula is C12H15N5O2. The number of hydrogen-bond donors (Lipinski definition) is 2. The van der Waals surface area contributed by atoms with Gasteiger partial charge in [-0.05, 0) is 25.5 Å². The van der Waals surface area contributed by atoms with Crippen molar-refractivity contribution >= 4 is 5.91 Å². The second kappa shape index (κ2) is 5.94. The van der Waals surface area contributed by atoms with Crippen molar-refractivity contribution in [1.29, 1.82) is 0 Å². The lowest BCUT2D eigenvalue weighted by Crippen LogP contribution is -2.28. The molecule has 0 saturated carbocycles. The number of nitrogens with zero attached hydrogens (tertiary/aromatic N) is 3. The van der Waals surface area contributed by atoms with Crippen molar-refractivity contribution in [3.63, 3.8) is 0 Å². The SMILES string of the molecule is Cc1ccc(OCC(=O)NCc2nn[nH]n2)c(C)c1. The monoisotopic (exact) mass is 261 g/mol. The number of nitrogens with one attached hydrogen (secondary N) is 2. The maximum Gasteiger partial charge on any atom is 0.258 e. The lowest BCUT2D eigenvalue weighted by atomic mass is 10.1. The zero-order valence-electron chi connectivity index (χ0n) is 10.8. The van der Waals surface area contributed by atoms with Gasteiger partial charge in [-0.25, -0.2) is 0 Å². The molecule has 1 aromatic carbocycles. The summed E-state index contributed by atoms with van der Waals surface area (Å²) in [7, 11) is 0. The van der Waals surface area contributed by atoms with Crippen LogP contribution in [0.4, 0.5) is 0 Å². The molecular weight excluding hydrogens is 246 g/mol. The third kappa shape index (κ3) is 3.77. The van der Waals surface area contributed by atoms with E-state index in [-0.39, 0.29) is 19.1 Å². The van der Waals surface area contributed by atoms with Crippen molar-refractivity contribution in [2.45, 2.75) is 20.4 Å². The number of ether oxygens (including phenoxy) is 1. The lowest BCUT2D eigenvalue weighted by molar-refractivity contribution is -0.123. The number of carbonyl (C=O) groups excluding carboxylic acids is 1. The molecule has 0 fully saturated rings. The summed E-state index contributed by atoms with van der Waals surface area (Å²) in [6.07, 6.45) is 0. The van der Waals surface area contributed by atoms with Crippen molar-refractivity contribution in [1.82, 2.24) is 25.9 Å². The van der Waals surface area contributed by atoms with E-state index in [1.54, 1.807) is 0 Å². The Hall–Kier alpha value is -2.44. The summed E-state index contributed by atoms with van der Waals surface area (Å²) >= 11 is 0. The number of carbonyl (C=O) groups is 1. The predicted octanol–water partition coefficient (Wildman–Crippen LogP) is 0.512. The summed E-state index contributed by atoms with van der Waals surface area (Å²) in [5, 5.41) is 15.8. The topological polar surface area (TPSA) is 92.8 Å². The minimum absolute atomic E-state index is 0.0399. The fraction of sp³-hybridized carbons (Fsp3) is 0.333. The number of tetrazole rings is 1. The summed E-state index contributed by atoms with van der Waals surface area (Å²) in [4.78, 5) is 11.6. The van der Waals surface area contributed by atoms with Crippen LogP contribution in [-0.2, 0) is 11.3 Å². The maximum atomic E-state index is 11.6. The average Bonchev–Trinajstić information content (AvgIpc) is 2.88. The van der Waals surface area contributed by atoms with Gasteiger partial charge in [-0.3, -0.25) is 4.79 Å². The first-order valence-corrected chi connectivity index (χ1v) is 5.84. The maximum absolute atomic E-state index is 11.6. The van der Waals surface area contributed by atoms with E-state index in [1.807, 2.05) is 32.0 Å². The summed E-state index contributed by atoms with van der Waals surface area (Å²) in [6, 6.07) is 5.81. The quantitative estimate of drug-likeness (QED) is 0.818. The van der Waals surface area contributed by atoms with Crippen LogP contribution < -0.4 is 10.1 Å². The Balaban J connectivity index is 1.80. The molecule has 1 heterocycles. The van der Waals surface area contributed by atoms with E-state index < -0.39 is 0 Å². The van der Waals surface area contributed by atoms with Gasteiger partial charge >= 0.3 is 0 Å². The van der Waals surface area contributed by atoms with Crippen LogP contribution in [0, 0.1) is 13.8 Å². The van der Waals surface area contributed by atoms with Crippen molar-refractivity contribution in [2.24, 2.45) is 0 Å². The highest BCUT2D eigenvalue weighted by Gasteiger charge is 2.06. The van der Waals surface area contributed by atoms with Crippen LogP contribution in [0.1, 0.15) is 17.0 Å². The van der Waals surface area contributed by atoms with Gasteiger partial charge in [-0.1, -0.05) is 22.9 Å². The molecule has 0 radical (unpaired) electrons. The molecule has 0 atom stereocenters. The van der Waals surface area contributed by atoms with Gasteiger partial charge in [0.15, 0.2) is 12.4 Å². The molecule has 1 amide bonds. The predicted molar refractivity (Wildman–Crippen MR) is 67.4 cm³/mol. The van der Waals surface area contributed by atoms with Crippen molar-refractivity contribution < 1.29 is 9.53 Å². The number of aromatic amines is 1. The van der Waals surface area contributed by atoms with Gasteiger partial charge in [0.05, 0.1) is 6.54 Å². The molecule has 0 bridgehead atoms. The smallest absolute Gasteiger partial charge is 0.258 e. The molecule has 0 aliphatic carbocycles. The van der Waals surface area contributed by atoms with E-state index in [9.17, 15) is 4.79 Å². The van der Waals surface area contributed by atoms with E-state index in [1.165, 1.54) is 0 Å². The molecule has 100 valence electrons. The first-order chi connectivity index (χ1) is 9.15. The Labute approximate surface area is 110 Å². The normalized spacial score (nSPS) is 10.2. The van der Waals surface area contributed by atoms with E-state index in [2.05, 4.69) is 25.9 Å². The standard InChI is InChI=1S/C12H15N5O2/c1-8-3-4-10(9(2)5-8)19-7-12(18)13-6-11-14-16-17-15-11/h3-5H,6-7H2,1-2H3,(H,13,18)(H,14,15,16,17). The highest BCUT2D eigenvalue weighted by Crippen LogP contribution is 2.18. The molecule has 0 spiro atoms. The fourth-order valence-electron chi connectivity index (χ4n) is 1.59. The third-order valence-electron chi connectivity index (χ3n) is 2.52. The number of aromatic nitrogens is 4. The molecule has 7 heteroatoms. The molecule has 0 unspecified atom stereocenters. The van der Waals surface area contributed by atoms with Crippen LogP contribution in [0.15, 0.2) is 18.2 Å². The zero-order valence-corrected chi connectivity index (χ0v) is 10.8. The van der Waals surface area contributed by atoms with E-state index in [0.29, 0.717) is 11.6 Å². The number of rotatable bonds is 5. The van der Waals surface area contributed by atoms with Crippen molar-refractivity contribution in [2.75, 3.05) is 6.61 Å². The van der Waals surface area contributed by atoms with E-state index in [0.717, 1.165) is 11.1 Å². The number of hydrogen-bond acceptors (Lipinski definition) is 5. The Morgan fingerprint density at radius 1 is 1.42 bits per heavy atom. The van der Waals surface area contributed by atoms with Gasteiger partial charge in [0.1, 0.15) is 5.75 Å². The molecule has 19 heavy (non-hydrogen) atoms. The number of aryl methyl sites for hydroxylation is 2. The second-order valence-electron chi connectivity index (χ2n) is 4.16. The Kier molecular flexibility index (Phi) is 4.07. The van der Waals surface area contributed by atoms with Gasteiger partial charge in [-0.15, -0.1) is 10.2 Å². The van der Waals surface area contributed by atoms with Crippen LogP contribution in [0.3, 0.4) is 0 Å². The first-order valence-electron chi connectivity index (χ1n) is 5.84. The van der Waals surface area contributed by atoms with Gasteiger partial charge < -0.3 is 10.1 Å². The molecule has 2 aromatic rings. The highest BCUT2D eigenvalue weighted by atomic mass is 16.5. The van der Waals surface area contributed by atoms with Gasteiger partial charge in [0.2, 0.25) is 0 Å². The van der Waals surface area contributed by atoms with Crippen LogP contribution in [0.25, 0.3) is 0 Å². The van der Waals surface area contributed by atoms with E-state index in [4.69, 9.17) is 4.74 Å². The lowest BCUT2D eigenvalue weighted by Gasteiger charge is -2.09. The van der Waals surface area contributed by atoms with Gasteiger partial charge in [0.25, 0.3) is 5.91 Å². The van der Waals surface area contributed by atoms with Crippen molar-refractivity contribution in [3.05, 3.63) is 35.2 Å². The molecule has 2 rings (SSSR count). The third-order valence-corrected chi connectivity index (χ3v) is 2.52. The Morgan fingerprint density at radius 3 is 2.95 bits per heavy atom.